The van der Waals surface area contributed by atoms with Crippen molar-refractivity contribution in [1.82, 2.24) is 0 Å². The van der Waals surface area contributed by atoms with Gasteiger partial charge in [0.2, 0.25) is 0 Å². The summed E-state index contributed by atoms with van der Waals surface area (Å²) in [5, 5.41) is 43.5. The number of aliphatic hydroxyl groups is 5. The number of nitrogens with two attached hydrogens (primary N) is 1. The summed E-state index contributed by atoms with van der Waals surface area (Å²) in [6.07, 6.45) is 18.8. The quantitative estimate of drug-likeness (QED) is 0.0412. The summed E-state index contributed by atoms with van der Waals surface area (Å²) in [5.74, 6) is 0. The summed E-state index contributed by atoms with van der Waals surface area (Å²) in [6.45, 7) is 5.43. The van der Waals surface area contributed by atoms with Crippen LogP contribution in [0.2, 0.25) is 0 Å². The van der Waals surface area contributed by atoms with Crippen molar-refractivity contribution >= 4 is 7.82 Å². The molecule has 0 aliphatic carbocycles. The Bertz CT molecular complexity index is 647. The molecule has 0 heterocycles. The molecular formula is C33H79N4O9P. The van der Waals surface area contributed by atoms with Gasteiger partial charge in [0.05, 0.1) is 102 Å². The van der Waals surface area contributed by atoms with Crippen LogP contribution in [0.1, 0.15) is 84.0 Å². The van der Waals surface area contributed by atoms with Crippen molar-refractivity contribution in [3.05, 3.63) is 12.2 Å². The lowest BCUT2D eigenvalue weighted by molar-refractivity contribution is -0.870. The molecule has 0 aromatic carbocycles. The lowest BCUT2D eigenvalue weighted by Crippen LogP contribution is -2.36. The molecule has 14 heteroatoms. The van der Waals surface area contributed by atoms with E-state index < -0.39 is 20.0 Å². The van der Waals surface area contributed by atoms with E-state index in [4.69, 9.17) is 45.4 Å². The van der Waals surface area contributed by atoms with Gasteiger partial charge in [-0.1, -0.05) is 83.3 Å². The summed E-state index contributed by atoms with van der Waals surface area (Å²) in [5.41, 5.74) is 5.51. The number of quaternary nitrogens is 3. The van der Waals surface area contributed by atoms with E-state index in [1.165, 1.54) is 70.6 Å². The van der Waals surface area contributed by atoms with Crippen LogP contribution in [-0.2, 0) is 4.57 Å². The number of nitrogens with zero attached hydrogens (tertiary/aromatic N) is 3. The molecule has 0 bridgehead atoms. The van der Waals surface area contributed by atoms with Crippen LogP contribution in [0.15, 0.2) is 12.2 Å². The Morgan fingerprint density at radius 1 is 0.617 bits per heavy atom. The van der Waals surface area contributed by atoms with E-state index in [9.17, 15) is 5.11 Å². The molecule has 0 aliphatic rings. The normalized spacial score (nSPS) is 13.2. The summed E-state index contributed by atoms with van der Waals surface area (Å²) < 4.78 is 11.1. The van der Waals surface area contributed by atoms with Crippen molar-refractivity contribution < 1.29 is 58.2 Å². The monoisotopic (exact) mass is 707 g/mol. The van der Waals surface area contributed by atoms with Gasteiger partial charge in [-0.15, -0.1) is 0 Å². The Morgan fingerprint density at radius 2 is 0.894 bits per heavy atom. The van der Waals surface area contributed by atoms with Gasteiger partial charge in [0.15, 0.2) is 0 Å². The van der Waals surface area contributed by atoms with Crippen LogP contribution in [0.5, 0.6) is 0 Å². The highest BCUT2D eigenvalue weighted by atomic mass is 31.2. The van der Waals surface area contributed by atoms with Crippen LogP contribution >= 0.6 is 7.82 Å². The molecule has 0 fully saturated rings. The van der Waals surface area contributed by atoms with Crippen LogP contribution < -0.4 is 20.4 Å². The Labute approximate surface area is 289 Å². The van der Waals surface area contributed by atoms with Gasteiger partial charge in [0.25, 0.3) is 0 Å². The highest BCUT2D eigenvalue weighted by molar-refractivity contribution is 7.40. The fraction of sp³-hybridized carbons (Fsp3) is 0.939. The van der Waals surface area contributed by atoms with Crippen LogP contribution in [0.4, 0.5) is 0 Å². The molecule has 0 saturated carbocycles. The number of hydrogen-bond acceptors (Lipinski definition) is 10. The van der Waals surface area contributed by atoms with Gasteiger partial charge in [-0.2, -0.15) is 7.82 Å². The average molecular weight is 707 g/mol. The molecule has 0 aromatic rings. The van der Waals surface area contributed by atoms with E-state index in [0.29, 0.717) is 0 Å². The predicted molar refractivity (Wildman–Crippen MR) is 189 cm³/mol. The second kappa shape index (κ2) is 35.3. The molecule has 0 rings (SSSR count). The second-order valence-electron chi connectivity index (χ2n) is 14.7. The van der Waals surface area contributed by atoms with Gasteiger partial charge in [-0.3, -0.25) is 0 Å². The lowest BCUT2D eigenvalue weighted by atomic mass is 10.0. The van der Waals surface area contributed by atoms with Crippen LogP contribution in [0, 0.1) is 0 Å². The minimum atomic E-state index is -5.39. The molecule has 0 saturated heterocycles. The van der Waals surface area contributed by atoms with E-state index in [2.05, 4.69) is 70.4 Å². The van der Waals surface area contributed by atoms with Crippen molar-refractivity contribution in [2.24, 2.45) is 5.73 Å². The van der Waals surface area contributed by atoms with Crippen LogP contribution in [-0.4, -0.2) is 161 Å². The third-order valence-electron chi connectivity index (χ3n) is 6.27. The van der Waals surface area contributed by atoms with Gasteiger partial charge < -0.3 is 64.0 Å². The highest BCUT2D eigenvalue weighted by Crippen LogP contribution is 2.12. The summed E-state index contributed by atoms with van der Waals surface area (Å²) in [7, 11) is 13.1. The van der Waals surface area contributed by atoms with Crippen molar-refractivity contribution in [3.8, 4) is 0 Å². The van der Waals surface area contributed by atoms with E-state index in [-0.39, 0.29) is 26.4 Å². The molecule has 0 spiro atoms. The predicted octanol–water partition coefficient (Wildman–Crippen LogP) is 0.154. The molecule has 0 amide bonds. The van der Waals surface area contributed by atoms with Crippen molar-refractivity contribution in [2.45, 2.75) is 96.1 Å². The number of phosphoric acid groups is 1. The maximum atomic E-state index is 9.52. The van der Waals surface area contributed by atoms with Crippen molar-refractivity contribution in [3.63, 3.8) is 0 Å². The fourth-order valence-corrected chi connectivity index (χ4v) is 3.31. The van der Waals surface area contributed by atoms with E-state index in [1.807, 2.05) is 6.08 Å². The summed E-state index contributed by atoms with van der Waals surface area (Å²) >= 11 is 0. The first-order valence-electron chi connectivity index (χ1n) is 17.1. The molecule has 7 N–H and O–H groups in total. The standard InChI is InChI=1S/C18H37NO2.3C5H14NO.H3O4P/c1-2-3-4-5-6-7-8-9-10-11-12-13-14-15-18(21)17(19)16-20;3*1-6(2,3)4-5-7;1-5(2,3)4/h14-15,17-18,20-21H,2-13,16,19H2,1H3;3*7H,4-5H2,1-3H3;(H3,1,2,3,4)/q;3*+1;/p-3/b15-14+;;;;/t17-,18+;;;;/m0..../s1. The largest absolute Gasteiger partial charge is 0.822 e. The first kappa shape index (κ1) is 55.9. The molecular weight excluding hydrogens is 627 g/mol. The van der Waals surface area contributed by atoms with E-state index >= 15 is 0 Å². The zero-order chi connectivity index (χ0) is 38.0. The maximum Gasteiger partial charge on any atom is 0.101 e. The van der Waals surface area contributed by atoms with Gasteiger partial charge >= 0.3 is 0 Å². The summed E-state index contributed by atoms with van der Waals surface area (Å²) in [6, 6.07) is -0.557. The van der Waals surface area contributed by atoms with Gasteiger partial charge in [0, 0.05) is 0 Å². The smallest absolute Gasteiger partial charge is 0.101 e. The van der Waals surface area contributed by atoms with Crippen molar-refractivity contribution in [2.75, 3.05) is 109 Å². The first-order valence-corrected chi connectivity index (χ1v) is 18.5. The Kier molecular flexibility index (Phi) is 42.0. The topological polar surface area (TPSA) is 213 Å². The van der Waals surface area contributed by atoms with Crippen LogP contribution in [0.25, 0.3) is 0 Å². The number of hydrogen-bond donors (Lipinski definition) is 6. The molecule has 0 radical (unpaired) electrons. The number of likely N-dealkylation sites (N-methyl/N-ethyl adjacent to an activating group) is 3. The van der Waals surface area contributed by atoms with Gasteiger partial charge in [-0.05, 0) is 12.8 Å². The summed E-state index contributed by atoms with van der Waals surface area (Å²) in [4.78, 5) is 25.6. The van der Waals surface area contributed by atoms with E-state index in [1.54, 1.807) is 6.08 Å². The minimum Gasteiger partial charge on any atom is -0.822 e. The SMILES string of the molecule is CCCCCCCCCCCCC/C=C/[C@@H](O)[C@@H](N)CO.C[N+](C)(C)CCO.C[N+](C)(C)CCO.C[N+](C)(C)CCO.O=P([O-])([O-])[O-]. The number of rotatable bonds is 21. The number of allylic oxidation sites excluding steroid dienone is 1. The molecule has 47 heavy (non-hydrogen) atoms. The molecule has 0 unspecified atom stereocenters. The van der Waals surface area contributed by atoms with Gasteiger partial charge in [-0.25, -0.2) is 0 Å². The number of aliphatic hydroxyl groups excluding tert-OH is 5. The maximum absolute atomic E-state index is 9.52. The average Bonchev–Trinajstić information content (AvgIpc) is 2.89. The molecule has 0 aliphatic heterocycles. The zero-order valence-electron chi connectivity index (χ0n) is 32.0. The van der Waals surface area contributed by atoms with Crippen molar-refractivity contribution in [1.29, 1.82) is 0 Å². The number of unbranched alkanes of at least 4 members (excludes halogenated alkanes) is 11. The second-order valence-corrected chi connectivity index (χ2v) is 15.6. The third kappa shape index (κ3) is 81.5. The molecule has 13 nitrogen and oxygen atoms in total. The minimum absolute atomic E-state index is 0.177. The fourth-order valence-electron chi connectivity index (χ4n) is 3.31. The Balaban J connectivity index is -0.000000184. The highest BCUT2D eigenvalue weighted by Gasteiger charge is 2.08. The van der Waals surface area contributed by atoms with E-state index in [0.717, 1.165) is 39.5 Å². The third-order valence-corrected chi connectivity index (χ3v) is 6.27. The lowest BCUT2D eigenvalue weighted by Gasteiger charge is -2.36. The Morgan fingerprint density at radius 3 is 1.11 bits per heavy atom. The zero-order valence-corrected chi connectivity index (χ0v) is 32.9. The molecule has 0 aromatic heterocycles. The molecule has 2 atom stereocenters. The Hall–Kier alpha value is -0.510. The van der Waals surface area contributed by atoms with Gasteiger partial charge in [0.1, 0.15) is 19.6 Å². The first-order chi connectivity index (χ1) is 21.4. The van der Waals surface area contributed by atoms with Crippen LogP contribution in [0.3, 0.4) is 0 Å². The molecule has 290 valence electrons.